The first-order chi connectivity index (χ1) is 7.68. The van der Waals surface area contributed by atoms with Gasteiger partial charge in [-0.1, -0.05) is 0 Å². The lowest BCUT2D eigenvalue weighted by atomic mass is 9.75. The van der Waals surface area contributed by atoms with Gasteiger partial charge in [0.2, 0.25) is 0 Å². The van der Waals surface area contributed by atoms with Crippen molar-refractivity contribution in [1.29, 1.82) is 0 Å². The SMILES string of the molecule is CN(CCN1CCCC1)CCC1(N)CCC1. The van der Waals surface area contributed by atoms with Crippen molar-refractivity contribution < 1.29 is 0 Å². The molecule has 2 rings (SSSR count). The van der Waals surface area contributed by atoms with Crippen LogP contribution in [-0.2, 0) is 0 Å². The highest BCUT2D eigenvalue weighted by Crippen LogP contribution is 2.31. The molecule has 2 fully saturated rings. The summed E-state index contributed by atoms with van der Waals surface area (Å²) in [6.45, 7) is 6.25. The number of rotatable bonds is 6. The molecule has 1 saturated heterocycles. The van der Waals surface area contributed by atoms with Gasteiger partial charge in [-0.15, -0.1) is 0 Å². The van der Waals surface area contributed by atoms with E-state index >= 15 is 0 Å². The first-order valence-corrected chi connectivity index (χ1v) is 6.88. The third-order valence-electron chi connectivity index (χ3n) is 4.34. The van der Waals surface area contributed by atoms with E-state index in [4.69, 9.17) is 5.73 Å². The summed E-state index contributed by atoms with van der Waals surface area (Å²) >= 11 is 0. The number of hydrogen-bond donors (Lipinski definition) is 1. The van der Waals surface area contributed by atoms with Crippen molar-refractivity contribution in [3.63, 3.8) is 0 Å². The third kappa shape index (κ3) is 3.44. The van der Waals surface area contributed by atoms with E-state index in [1.165, 1.54) is 71.2 Å². The molecule has 1 heterocycles. The van der Waals surface area contributed by atoms with E-state index in [-0.39, 0.29) is 5.54 Å². The van der Waals surface area contributed by atoms with Gasteiger partial charge in [0.05, 0.1) is 0 Å². The maximum absolute atomic E-state index is 6.23. The monoisotopic (exact) mass is 225 g/mol. The highest BCUT2D eigenvalue weighted by Gasteiger charge is 2.31. The van der Waals surface area contributed by atoms with Crippen molar-refractivity contribution in [3.05, 3.63) is 0 Å². The van der Waals surface area contributed by atoms with E-state index in [9.17, 15) is 0 Å². The molecule has 0 bridgehead atoms. The Balaban J connectivity index is 1.55. The second-order valence-corrected chi connectivity index (χ2v) is 5.82. The predicted molar refractivity (Wildman–Crippen MR) is 68.6 cm³/mol. The van der Waals surface area contributed by atoms with Crippen molar-refractivity contribution in [1.82, 2.24) is 9.80 Å². The van der Waals surface area contributed by atoms with Crippen molar-refractivity contribution in [2.75, 3.05) is 39.8 Å². The van der Waals surface area contributed by atoms with Gasteiger partial charge >= 0.3 is 0 Å². The van der Waals surface area contributed by atoms with Crippen molar-refractivity contribution in [2.24, 2.45) is 5.73 Å². The minimum absolute atomic E-state index is 0.196. The van der Waals surface area contributed by atoms with Gasteiger partial charge in [0, 0.05) is 18.6 Å². The molecule has 3 heteroatoms. The molecule has 3 nitrogen and oxygen atoms in total. The summed E-state index contributed by atoms with van der Waals surface area (Å²) in [5, 5.41) is 0. The highest BCUT2D eigenvalue weighted by molar-refractivity contribution is 4.92. The Bertz CT molecular complexity index is 207. The first kappa shape index (κ1) is 12.3. The van der Waals surface area contributed by atoms with Gasteiger partial charge in [0.25, 0.3) is 0 Å². The normalized spacial score (nSPS) is 24.9. The van der Waals surface area contributed by atoms with Gasteiger partial charge in [-0.25, -0.2) is 0 Å². The molecule has 2 N–H and O–H groups in total. The van der Waals surface area contributed by atoms with E-state index in [0.717, 1.165) is 0 Å². The molecular weight excluding hydrogens is 198 g/mol. The Morgan fingerprint density at radius 3 is 2.38 bits per heavy atom. The fourth-order valence-corrected chi connectivity index (χ4v) is 2.72. The number of nitrogens with two attached hydrogens (primary N) is 1. The van der Waals surface area contributed by atoms with Gasteiger partial charge in [0.1, 0.15) is 0 Å². The molecule has 0 atom stereocenters. The average molecular weight is 225 g/mol. The summed E-state index contributed by atoms with van der Waals surface area (Å²) in [6, 6.07) is 0. The molecule has 1 saturated carbocycles. The Hall–Kier alpha value is -0.120. The van der Waals surface area contributed by atoms with Crippen LogP contribution in [0.25, 0.3) is 0 Å². The lowest BCUT2D eigenvalue weighted by molar-refractivity contribution is 0.186. The van der Waals surface area contributed by atoms with Crippen molar-refractivity contribution in [2.45, 2.75) is 44.1 Å². The summed E-state index contributed by atoms with van der Waals surface area (Å²) in [4.78, 5) is 5.03. The van der Waals surface area contributed by atoms with Crippen LogP contribution < -0.4 is 5.73 Å². The van der Waals surface area contributed by atoms with E-state index in [1.54, 1.807) is 0 Å². The topological polar surface area (TPSA) is 32.5 Å². The molecule has 0 aromatic carbocycles. The van der Waals surface area contributed by atoms with Gasteiger partial charge in [0.15, 0.2) is 0 Å². The fourth-order valence-electron chi connectivity index (χ4n) is 2.72. The summed E-state index contributed by atoms with van der Waals surface area (Å²) in [6.07, 6.45) is 7.81. The van der Waals surface area contributed by atoms with Crippen LogP contribution in [0, 0.1) is 0 Å². The summed E-state index contributed by atoms with van der Waals surface area (Å²) in [5.74, 6) is 0. The second kappa shape index (κ2) is 5.48. The van der Waals surface area contributed by atoms with Crippen LogP contribution >= 0.6 is 0 Å². The van der Waals surface area contributed by atoms with Crippen LogP contribution in [0.2, 0.25) is 0 Å². The Morgan fingerprint density at radius 1 is 1.12 bits per heavy atom. The average Bonchev–Trinajstić information content (AvgIpc) is 2.73. The van der Waals surface area contributed by atoms with Crippen LogP contribution in [-0.4, -0.2) is 55.1 Å². The largest absolute Gasteiger partial charge is 0.325 e. The first-order valence-electron chi connectivity index (χ1n) is 6.88. The number of hydrogen-bond acceptors (Lipinski definition) is 3. The molecule has 1 aliphatic carbocycles. The molecule has 94 valence electrons. The van der Waals surface area contributed by atoms with Crippen molar-refractivity contribution in [3.8, 4) is 0 Å². The summed E-state index contributed by atoms with van der Waals surface area (Å²) in [5.41, 5.74) is 6.43. The predicted octanol–water partition coefficient (Wildman–Crippen LogP) is 1.29. The smallest absolute Gasteiger partial charge is 0.0166 e. The maximum atomic E-state index is 6.23. The minimum atomic E-state index is 0.196. The molecule has 0 unspecified atom stereocenters. The zero-order valence-corrected chi connectivity index (χ0v) is 10.7. The van der Waals surface area contributed by atoms with Crippen LogP contribution in [0.5, 0.6) is 0 Å². The lowest BCUT2D eigenvalue weighted by Gasteiger charge is -2.39. The lowest BCUT2D eigenvalue weighted by Crippen LogP contribution is -2.48. The van der Waals surface area contributed by atoms with Crippen LogP contribution in [0.15, 0.2) is 0 Å². The Kier molecular flexibility index (Phi) is 4.22. The number of likely N-dealkylation sites (tertiary alicyclic amines) is 1. The van der Waals surface area contributed by atoms with Gasteiger partial charge in [-0.3, -0.25) is 0 Å². The van der Waals surface area contributed by atoms with E-state index in [0.29, 0.717) is 0 Å². The fraction of sp³-hybridized carbons (Fsp3) is 1.00. The molecule has 0 radical (unpaired) electrons. The molecule has 2 aliphatic rings. The molecule has 0 amide bonds. The molecule has 0 aromatic heterocycles. The van der Waals surface area contributed by atoms with E-state index in [1.807, 2.05) is 0 Å². The number of nitrogens with zero attached hydrogens (tertiary/aromatic N) is 2. The summed E-state index contributed by atoms with van der Waals surface area (Å²) < 4.78 is 0. The zero-order chi connectivity index (χ0) is 11.4. The minimum Gasteiger partial charge on any atom is -0.325 e. The highest BCUT2D eigenvalue weighted by atomic mass is 15.2. The molecule has 0 aromatic rings. The van der Waals surface area contributed by atoms with Crippen molar-refractivity contribution >= 4 is 0 Å². The molecule has 0 spiro atoms. The van der Waals surface area contributed by atoms with Crippen LogP contribution in [0.3, 0.4) is 0 Å². The molecular formula is C13H27N3. The standard InChI is InChI=1S/C13H27N3/c1-15(10-7-13(14)5-4-6-13)11-12-16-8-2-3-9-16/h2-12,14H2,1H3. The number of likely N-dealkylation sites (N-methyl/N-ethyl adjacent to an activating group) is 1. The third-order valence-corrected chi connectivity index (χ3v) is 4.34. The van der Waals surface area contributed by atoms with Crippen LogP contribution in [0.4, 0.5) is 0 Å². The van der Waals surface area contributed by atoms with Gasteiger partial charge in [-0.2, -0.15) is 0 Å². The van der Waals surface area contributed by atoms with Gasteiger partial charge in [-0.05, 0) is 65.2 Å². The Morgan fingerprint density at radius 2 is 1.81 bits per heavy atom. The second-order valence-electron chi connectivity index (χ2n) is 5.82. The zero-order valence-electron chi connectivity index (χ0n) is 10.7. The molecule has 1 aliphatic heterocycles. The maximum Gasteiger partial charge on any atom is 0.0166 e. The summed E-state index contributed by atoms with van der Waals surface area (Å²) in [7, 11) is 2.23. The quantitative estimate of drug-likeness (QED) is 0.739. The van der Waals surface area contributed by atoms with Crippen LogP contribution in [0.1, 0.15) is 38.5 Å². The van der Waals surface area contributed by atoms with E-state index in [2.05, 4.69) is 16.8 Å². The van der Waals surface area contributed by atoms with E-state index < -0.39 is 0 Å². The van der Waals surface area contributed by atoms with Gasteiger partial charge < -0.3 is 15.5 Å². The molecule has 16 heavy (non-hydrogen) atoms. The Labute approximate surface area is 100.0 Å².